The van der Waals surface area contributed by atoms with Crippen LogP contribution in [0, 0.1) is 5.82 Å². The maximum Gasteiger partial charge on any atom is 0.257 e. The van der Waals surface area contributed by atoms with E-state index >= 15 is 0 Å². The second-order valence-electron chi connectivity index (χ2n) is 4.76. The van der Waals surface area contributed by atoms with Gasteiger partial charge in [-0.2, -0.15) is 0 Å². The van der Waals surface area contributed by atoms with Gasteiger partial charge in [-0.15, -0.1) is 0 Å². The Morgan fingerprint density at radius 3 is 2.21 bits per heavy atom. The lowest BCUT2D eigenvalue weighted by molar-refractivity contribution is -0.119. The van der Waals surface area contributed by atoms with Crippen LogP contribution in [0.15, 0.2) is 36.4 Å². The highest BCUT2D eigenvalue weighted by molar-refractivity contribution is 6.37. The molecule has 0 spiro atoms. The maximum atomic E-state index is 13.5. The summed E-state index contributed by atoms with van der Waals surface area (Å²) in [5.74, 6) is -1.60. The van der Waals surface area contributed by atoms with Gasteiger partial charge in [0.1, 0.15) is 12.4 Å². The van der Waals surface area contributed by atoms with Crippen LogP contribution in [-0.2, 0) is 9.53 Å². The number of carbonyl (C=O) groups is 2. The second-order valence-corrected chi connectivity index (χ2v) is 5.57. The number of amides is 2. The van der Waals surface area contributed by atoms with Crippen LogP contribution in [0.4, 0.5) is 15.8 Å². The fraction of sp³-hybridized carbons (Fsp3) is 0.125. The number of methoxy groups -OCH3 is 1. The van der Waals surface area contributed by atoms with Gasteiger partial charge in [-0.3, -0.25) is 9.59 Å². The highest BCUT2D eigenvalue weighted by atomic mass is 35.5. The molecule has 0 unspecified atom stereocenters. The van der Waals surface area contributed by atoms with Crippen LogP contribution in [0.25, 0.3) is 0 Å². The van der Waals surface area contributed by atoms with Crippen molar-refractivity contribution in [2.45, 2.75) is 0 Å². The summed E-state index contributed by atoms with van der Waals surface area (Å²) < 4.78 is 18.2. The molecule has 2 N–H and O–H groups in total. The van der Waals surface area contributed by atoms with E-state index in [1.165, 1.54) is 13.2 Å². The lowest BCUT2D eigenvalue weighted by atomic mass is 10.2. The van der Waals surface area contributed by atoms with E-state index in [2.05, 4.69) is 10.6 Å². The Morgan fingerprint density at radius 2 is 1.62 bits per heavy atom. The molecule has 0 saturated carbocycles. The van der Waals surface area contributed by atoms with Crippen molar-refractivity contribution in [3.63, 3.8) is 0 Å². The summed E-state index contributed by atoms with van der Waals surface area (Å²) in [5, 5.41) is 5.08. The van der Waals surface area contributed by atoms with Gasteiger partial charge in [-0.05, 0) is 36.4 Å². The normalized spacial score (nSPS) is 10.3. The molecule has 2 aromatic rings. The molecule has 0 heterocycles. The van der Waals surface area contributed by atoms with Gasteiger partial charge in [0, 0.05) is 18.5 Å². The summed E-state index contributed by atoms with van der Waals surface area (Å²) in [6.45, 7) is -0.0564. The predicted octanol–water partition coefficient (Wildman–Crippen LogP) is 3.97. The second kappa shape index (κ2) is 8.10. The highest BCUT2D eigenvalue weighted by Crippen LogP contribution is 2.25. The molecule has 0 bridgehead atoms. The van der Waals surface area contributed by atoms with Gasteiger partial charge >= 0.3 is 0 Å². The summed E-state index contributed by atoms with van der Waals surface area (Å²) in [5.41, 5.74) is 0.970. The number of benzene rings is 2. The third kappa shape index (κ3) is 4.67. The average Bonchev–Trinajstić information content (AvgIpc) is 2.53. The monoisotopic (exact) mass is 370 g/mol. The number of halogens is 3. The van der Waals surface area contributed by atoms with Gasteiger partial charge < -0.3 is 15.4 Å². The van der Waals surface area contributed by atoms with Gasteiger partial charge in [0.25, 0.3) is 5.91 Å². The standard InChI is InChI=1S/C16H13Cl2FN2O3/c1-24-8-15(22)20-9-2-4-10(5-3-9)21-16(23)11-6-14(19)13(18)7-12(11)17/h2-7H,8H2,1H3,(H,20,22)(H,21,23). The molecule has 2 amide bonds. The zero-order valence-corrected chi connectivity index (χ0v) is 14.0. The third-order valence-electron chi connectivity index (χ3n) is 2.96. The predicted molar refractivity (Wildman–Crippen MR) is 91.3 cm³/mol. The molecule has 24 heavy (non-hydrogen) atoms. The summed E-state index contributed by atoms with van der Waals surface area (Å²) >= 11 is 11.5. The molecule has 0 aliphatic heterocycles. The lowest BCUT2D eigenvalue weighted by Gasteiger charge is -2.09. The van der Waals surface area contributed by atoms with Crippen LogP contribution < -0.4 is 10.6 Å². The van der Waals surface area contributed by atoms with E-state index in [-0.39, 0.29) is 28.1 Å². The van der Waals surface area contributed by atoms with Gasteiger partial charge in [0.15, 0.2) is 0 Å². The fourth-order valence-electron chi connectivity index (χ4n) is 1.86. The van der Waals surface area contributed by atoms with E-state index in [0.29, 0.717) is 11.4 Å². The Labute approximate surface area is 147 Å². The minimum absolute atomic E-state index is 0.0314. The first-order valence-electron chi connectivity index (χ1n) is 6.75. The van der Waals surface area contributed by atoms with Crippen LogP contribution in [0.1, 0.15) is 10.4 Å². The molecular formula is C16H13Cl2FN2O3. The molecule has 0 atom stereocenters. The molecule has 0 radical (unpaired) electrons. The van der Waals surface area contributed by atoms with Crippen molar-refractivity contribution in [3.05, 3.63) is 57.8 Å². The number of anilines is 2. The lowest BCUT2D eigenvalue weighted by Crippen LogP contribution is -2.17. The molecule has 126 valence electrons. The first-order chi connectivity index (χ1) is 11.4. The van der Waals surface area contributed by atoms with Crippen molar-refractivity contribution >= 4 is 46.4 Å². The fourth-order valence-corrected chi connectivity index (χ4v) is 2.33. The van der Waals surface area contributed by atoms with E-state index in [0.717, 1.165) is 6.07 Å². The molecule has 0 aliphatic rings. The van der Waals surface area contributed by atoms with Crippen LogP contribution >= 0.6 is 23.2 Å². The van der Waals surface area contributed by atoms with Gasteiger partial charge in [-0.25, -0.2) is 4.39 Å². The zero-order chi connectivity index (χ0) is 17.7. The minimum atomic E-state index is -0.734. The maximum absolute atomic E-state index is 13.5. The molecule has 0 fully saturated rings. The molecule has 0 aliphatic carbocycles. The summed E-state index contributed by atoms with van der Waals surface area (Å²) in [7, 11) is 1.42. The first kappa shape index (κ1) is 18.2. The third-order valence-corrected chi connectivity index (χ3v) is 3.56. The van der Waals surface area contributed by atoms with E-state index in [4.69, 9.17) is 27.9 Å². The molecule has 2 aromatic carbocycles. The van der Waals surface area contributed by atoms with Gasteiger partial charge in [0.05, 0.1) is 15.6 Å². The van der Waals surface area contributed by atoms with Gasteiger partial charge in [-0.1, -0.05) is 23.2 Å². The Kier molecular flexibility index (Phi) is 6.14. The highest BCUT2D eigenvalue weighted by Gasteiger charge is 2.14. The Bertz CT molecular complexity index is 767. The Hall–Kier alpha value is -2.15. The first-order valence-corrected chi connectivity index (χ1v) is 7.51. The summed E-state index contributed by atoms with van der Waals surface area (Å²) in [6.07, 6.45) is 0. The molecule has 8 heteroatoms. The number of nitrogens with one attached hydrogen (secondary N) is 2. The van der Waals surface area contributed by atoms with E-state index in [1.54, 1.807) is 24.3 Å². The van der Waals surface area contributed by atoms with Gasteiger partial charge in [0.2, 0.25) is 5.91 Å². The van der Waals surface area contributed by atoms with Crippen LogP contribution in [0.2, 0.25) is 10.0 Å². The number of ether oxygens (including phenoxy) is 1. The largest absolute Gasteiger partial charge is 0.375 e. The van der Waals surface area contributed by atoms with Crippen molar-refractivity contribution in [2.24, 2.45) is 0 Å². The SMILES string of the molecule is COCC(=O)Nc1ccc(NC(=O)c2cc(F)c(Cl)cc2Cl)cc1. The van der Waals surface area contributed by atoms with E-state index < -0.39 is 11.7 Å². The van der Waals surface area contributed by atoms with Crippen molar-refractivity contribution in [1.29, 1.82) is 0 Å². The van der Waals surface area contributed by atoms with Crippen LogP contribution in [0.3, 0.4) is 0 Å². The smallest absolute Gasteiger partial charge is 0.257 e. The van der Waals surface area contributed by atoms with Crippen LogP contribution in [0.5, 0.6) is 0 Å². The van der Waals surface area contributed by atoms with Crippen LogP contribution in [-0.4, -0.2) is 25.5 Å². The Balaban J connectivity index is 2.07. The molecular weight excluding hydrogens is 358 g/mol. The van der Waals surface area contributed by atoms with E-state index in [1.807, 2.05) is 0 Å². The number of rotatable bonds is 5. The number of hydrogen-bond donors (Lipinski definition) is 2. The van der Waals surface area contributed by atoms with Crippen molar-refractivity contribution in [3.8, 4) is 0 Å². The van der Waals surface area contributed by atoms with E-state index in [9.17, 15) is 14.0 Å². The number of carbonyl (C=O) groups excluding carboxylic acids is 2. The number of hydrogen-bond acceptors (Lipinski definition) is 3. The molecule has 0 saturated heterocycles. The zero-order valence-electron chi connectivity index (χ0n) is 12.5. The average molecular weight is 371 g/mol. The minimum Gasteiger partial charge on any atom is -0.375 e. The molecule has 2 rings (SSSR count). The van der Waals surface area contributed by atoms with Crippen molar-refractivity contribution in [2.75, 3.05) is 24.4 Å². The summed E-state index contributed by atoms with van der Waals surface area (Å²) in [4.78, 5) is 23.5. The Morgan fingerprint density at radius 1 is 1.04 bits per heavy atom. The topological polar surface area (TPSA) is 67.4 Å². The quantitative estimate of drug-likeness (QED) is 0.782. The summed E-state index contributed by atoms with van der Waals surface area (Å²) in [6, 6.07) is 8.52. The molecule has 5 nitrogen and oxygen atoms in total. The van der Waals surface area contributed by atoms with Crippen molar-refractivity contribution in [1.82, 2.24) is 0 Å². The molecule has 0 aromatic heterocycles. The van der Waals surface area contributed by atoms with Crippen molar-refractivity contribution < 1.29 is 18.7 Å².